The van der Waals surface area contributed by atoms with Gasteiger partial charge in [-0.25, -0.2) is 0 Å². The molecule has 0 aliphatic carbocycles. The van der Waals surface area contributed by atoms with E-state index in [1.807, 2.05) is 32.0 Å². The minimum atomic E-state index is -0.377. The molecule has 1 atom stereocenters. The summed E-state index contributed by atoms with van der Waals surface area (Å²) >= 11 is 0. The quantitative estimate of drug-likeness (QED) is 0.722. The third kappa shape index (κ3) is 2.54. The molecule has 96 valence electrons. The predicted octanol–water partition coefficient (Wildman–Crippen LogP) is 2.25. The van der Waals surface area contributed by atoms with E-state index in [1.54, 1.807) is 12.4 Å². The second-order valence-electron chi connectivity index (χ2n) is 4.82. The minimum absolute atomic E-state index is 0.225. The lowest BCUT2D eigenvalue weighted by Crippen LogP contribution is -2.25. The highest BCUT2D eigenvalue weighted by Crippen LogP contribution is 2.27. The first-order chi connectivity index (χ1) is 8.59. The van der Waals surface area contributed by atoms with Gasteiger partial charge in [0.05, 0.1) is 17.5 Å². The Morgan fingerprint density at radius 3 is 2.83 bits per heavy atom. The van der Waals surface area contributed by atoms with Gasteiger partial charge in [0.25, 0.3) is 0 Å². The molecule has 4 N–H and O–H groups in total. The third-order valence-corrected chi connectivity index (χ3v) is 3.13. The van der Waals surface area contributed by atoms with Crippen LogP contribution >= 0.6 is 0 Å². The van der Waals surface area contributed by atoms with Crippen LogP contribution in [0, 0.1) is 5.92 Å². The third-order valence-electron chi connectivity index (χ3n) is 3.13. The monoisotopic (exact) mass is 245 g/mol. The maximum Gasteiger partial charge on any atom is 0.0735 e. The summed E-state index contributed by atoms with van der Waals surface area (Å²) in [6.07, 6.45) is 3.14. The molecule has 18 heavy (non-hydrogen) atoms. The summed E-state index contributed by atoms with van der Waals surface area (Å²) in [6.45, 7) is 4.47. The molecule has 0 fully saturated rings. The molecular weight excluding hydrogens is 226 g/mol. The lowest BCUT2D eigenvalue weighted by molar-refractivity contribution is 0.138. The van der Waals surface area contributed by atoms with E-state index in [-0.39, 0.29) is 12.0 Å². The fourth-order valence-corrected chi connectivity index (χ4v) is 1.80. The normalized spacial score (nSPS) is 12.9. The van der Waals surface area contributed by atoms with E-state index in [4.69, 9.17) is 5.73 Å². The number of rotatable bonds is 4. The average Bonchev–Trinajstić information content (AvgIpc) is 2.38. The van der Waals surface area contributed by atoms with Gasteiger partial charge in [-0.2, -0.15) is 0 Å². The predicted molar refractivity (Wildman–Crippen MR) is 75.5 cm³/mol. The Balaban J connectivity index is 2.21. The first kappa shape index (κ1) is 12.6. The number of fused-ring (bicyclic) bond motifs is 1. The molecule has 1 unspecified atom stereocenters. The van der Waals surface area contributed by atoms with Gasteiger partial charge in [0.2, 0.25) is 0 Å². The van der Waals surface area contributed by atoms with Crippen LogP contribution in [-0.4, -0.2) is 22.7 Å². The summed E-state index contributed by atoms with van der Waals surface area (Å²) in [5, 5.41) is 15.0. The van der Waals surface area contributed by atoms with E-state index in [2.05, 4.69) is 10.3 Å². The summed E-state index contributed by atoms with van der Waals surface area (Å²) in [6, 6.07) is 5.80. The highest BCUT2D eigenvalue weighted by Gasteiger charge is 2.10. The van der Waals surface area contributed by atoms with Crippen molar-refractivity contribution in [3.05, 3.63) is 30.6 Å². The number of anilines is 2. The maximum atomic E-state index is 9.78. The van der Waals surface area contributed by atoms with E-state index in [9.17, 15) is 5.11 Å². The number of benzene rings is 1. The van der Waals surface area contributed by atoms with Crippen LogP contribution in [0.15, 0.2) is 30.6 Å². The van der Waals surface area contributed by atoms with Gasteiger partial charge < -0.3 is 16.2 Å². The standard InChI is InChI=1S/C14H19N3O/c1-9(2)13(18)8-17-12-4-3-10-7-16-6-5-11(10)14(12)15/h3-7,9,13,17-18H,8,15H2,1-2H3. The van der Waals surface area contributed by atoms with Gasteiger partial charge in [0, 0.05) is 29.7 Å². The minimum Gasteiger partial charge on any atom is -0.397 e. The van der Waals surface area contributed by atoms with E-state index >= 15 is 0 Å². The molecule has 0 aliphatic heterocycles. The van der Waals surface area contributed by atoms with Crippen LogP contribution in [0.2, 0.25) is 0 Å². The number of hydrogen-bond donors (Lipinski definition) is 3. The van der Waals surface area contributed by atoms with Crippen molar-refractivity contribution in [1.29, 1.82) is 0 Å². The Labute approximate surface area is 107 Å². The van der Waals surface area contributed by atoms with E-state index < -0.39 is 0 Å². The van der Waals surface area contributed by atoms with E-state index in [0.717, 1.165) is 16.5 Å². The van der Waals surface area contributed by atoms with Crippen LogP contribution in [0.5, 0.6) is 0 Å². The van der Waals surface area contributed by atoms with Crippen LogP contribution in [0.4, 0.5) is 11.4 Å². The summed E-state index contributed by atoms with van der Waals surface area (Å²) in [4.78, 5) is 4.07. The number of nitrogen functional groups attached to an aromatic ring is 1. The van der Waals surface area contributed by atoms with Crippen molar-refractivity contribution in [1.82, 2.24) is 4.98 Å². The van der Waals surface area contributed by atoms with Crippen LogP contribution in [0.25, 0.3) is 10.8 Å². The Hall–Kier alpha value is -1.81. The Kier molecular flexibility index (Phi) is 3.67. The fourth-order valence-electron chi connectivity index (χ4n) is 1.80. The molecule has 1 aromatic carbocycles. The number of aliphatic hydroxyl groups is 1. The molecule has 0 bridgehead atoms. The summed E-state index contributed by atoms with van der Waals surface area (Å²) in [7, 11) is 0. The van der Waals surface area contributed by atoms with Gasteiger partial charge in [0.15, 0.2) is 0 Å². The van der Waals surface area contributed by atoms with Crippen molar-refractivity contribution in [3.63, 3.8) is 0 Å². The van der Waals surface area contributed by atoms with Crippen molar-refractivity contribution in [2.45, 2.75) is 20.0 Å². The molecular formula is C14H19N3O. The van der Waals surface area contributed by atoms with Crippen LogP contribution < -0.4 is 11.1 Å². The Morgan fingerprint density at radius 1 is 1.33 bits per heavy atom. The summed E-state index contributed by atoms with van der Waals surface area (Å²) < 4.78 is 0. The Bertz CT molecular complexity index is 540. The van der Waals surface area contributed by atoms with Gasteiger partial charge in [-0.3, -0.25) is 4.98 Å². The number of nitrogens with two attached hydrogens (primary N) is 1. The molecule has 2 aromatic rings. The van der Waals surface area contributed by atoms with Gasteiger partial charge in [-0.1, -0.05) is 19.9 Å². The Morgan fingerprint density at radius 2 is 2.11 bits per heavy atom. The van der Waals surface area contributed by atoms with Gasteiger partial charge in [-0.05, 0) is 18.1 Å². The lowest BCUT2D eigenvalue weighted by atomic mass is 10.1. The highest BCUT2D eigenvalue weighted by atomic mass is 16.3. The molecule has 0 saturated heterocycles. The SMILES string of the molecule is CC(C)C(O)CNc1ccc2cnccc2c1N. The second-order valence-corrected chi connectivity index (χ2v) is 4.82. The van der Waals surface area contributed by atoms with Crippen molar-refractivity contribution in [3.8, 4) is 0 Å². The number of hydrogen-bond acceptors (Lipinski definition) is 4. The van der Waals surface area contributed by atoms with Crippen LogP contribution in [-0.2, 0) is 0 Å². The second kappa shape index (κ2) is 5.23. The summed E-state index contributed by atoms with van der Waals surface area (Å²) in [5.74, 6) is 0.225. The maximum absolute atomic E-state index is 9.78. The molecule has 0 aliphatic rings. The number of nitrogens with one attached hydrogen (secondary N) is 1. The molecule has 1 heterocycles. The van der Waals surface area contributed by atoms with E-state index in [0.29, 0.717) is 12.2 Å². The molecule has 2 rings (SSSR count). The molecule has 0 amide bonds. The van der Waals surface area contributed by atoms with Crippen LogP contribution in [0.1, 0.15) is 13.8 Å². The first-order valence-corrected chi connectivity index (χ1v) is 6.13. The number of nitrogens with zero attached hydrogens (tertiary/aromatic N) is 1. The molecule has 1 aromatic heterocycles. The smallest absolute Gasteiger partial charge is 0.0735 e. The van der Waals surface area contributed by atoms with Crippen molar-refractivity contribution in [2.75, 3.05) is 17.6 Å². The highest BCUT2D eigenvalue weighted by molar-refractivity contribution is 5.98. The number of aromatic nitrogens is 1. The molecule has 4 heteroatoms. The lowest BCUT2D eigenvalue weighted by Gasteiger charge is -2.17. The van der Waals surface area contributed by atoms with Gasteiger partial charge >= 0.3 is 0 Å². The molecule has 0 radical (unpaired) electrons. The zero-order valence-corrected chi connectivity index (χ0v) is 10.7. The van der Waals surface area contributed by atoms with Crippen molar-refractivity contribution < 1.29 is 5.11 Å². The zero-order chi connectivity index (χ0) is 13.1. The number of pyridine rings is 1. The topological polar surface area (TPSA) is 71.2 Å². The molecule has 4 nitrogen and oxygen atoms in total. The average molecular weight is 245 g/mol. The summed E-state index contributed by atoms with van der Waals surface area (Å²) in [5.41, 5.74) is 7.66. The zero-order valence-electron chi connectivity index (χ0n) is 10.7. The van der Waals surface area contributed by atoms with Crippen molar-refractivity contribution >= 4 is 22.1 Å². The number of aliphatic hydroxyl groups excluding tert-OH is 1. The van der Waals surface area contributed by atoms with Gasteiger partial charge in [-0.15, -0.1) is 0 Å². The fraction of sp³-hybridized carbons (Fsp3) is 0.357. The molecule has 0 spiro atoms. The molecule has 0 saturated carbocycles. The first-order valence-electron chi connectivity index (χ1n) is 6.13. The van der Waals surface area contributed by atoms with Crippen LogP contribution in [0.3, 0.4) is 0 Å². The van der Waals surface area contributed by atoms with Crippen molar-refractivity contribution in [2.24, 2.45) is 5.92 Å². The van der Waals surface area contributed by atoms with E-state index in [1.165, 1.54) is 0 Å². The van der Waals surface area contributed by atoms with Gasteiger partial charge in [0.1, 0.15) is 0 Å². The largest absolute Gasteiger partial charge is 0.397 e.